The van der Waals surface area contributed by atoms with E-state index >= 15 is 0 Å². The molecule has 1 aromatic rings. The summed E-state index contributed by atoms with van der Waals surface area (Å²) in [5, 5.41) is 7.28. The summed E-state index contributed by atoms with van der Waals surface area (Å²) in [4.78, 5) is 0. The van der Waals surface area contributed by atoms with Crippen LogP contribution in [0.3, 0.4) is 0 Å². The van der Waals surface area contributed by atoms with Crippen molar-refractivity contribution in [1.29, 1.82) is 5.41 Å². The highest BCUT2D eigenvalue weighted by Crippen LogP contribution is 2.35. The minimum Gasteiger partial charge on any atom is -0.496 e. The Hall–Kier alpha value is -1.90. The summed E-state index contributed by atoms with van der Waals surface area (Å²) in [5.74, 6) is -4.97. The van der Waals surface area contributed by atoms with Crippen molar-refractivity contribution in [3.05, 3.63) is 29.3 Å². The molecule has 0 spiro atoms. The highest BCUT2D eigenvalue weighted by atomic mass is 19.4. The van der Waals surface area contributed by atoms with Crippen LogP contribution in [0.15, 0.2) is 18.2 Å². The van der Waals surface area contributed by atoms with E-state index in [1.807, 2.05) is 0 Å². The maximum Gasteiger partial charge on any atom is 0.455 e. The van der Waals surface area contributed by atoms with E-state index in [9.17, 15) is 22.0 Å². The van der Waals surface area contributed by atoms with E-state index in [4.69, 9.17) is 15.9 Å². The van der Waals surface area contributed by atoms with E-state index in [-0.39, 0.29) is 17.1 Å². The monoisotopic (exact) mass is 312 g/mol. The van der Waals surface area contributed by atoms with Gasteiger partial charge in [0.25, 0.3) is 0 Å². The second kappa shape index (κ2) is 6.25. The van der Waals surface area contributed by atoms with Crippen molar-refractivity contribution in [1.82, 2.24) is 0 Å². The minimum absolute atomic E-state index is 0.200. The summed E-state index contributed by atoms with van der Waals surface area (Å²) in [6.07, 6.45) is -5.65. The number of amidine groups is 1. The number of methoxy groups -OCH3 is 1. The van der Waals surface area contributed by atoms with Gasteiger partial charge in [-0.1, -0.05) is 6.07 Å². The lowest BCUT2D eigenvalue weighted by Crippen LogP contribution is -2.40. The third-order valence-corrected chi connectivity index (χ3v) is 2.52. The molecule has 0 aliphatic rings. The average Bonchev–Trinajstić information content (AvgIpc) is 2.36. The van der Waals surface area contributed by atoms with Gasteiger partial charge in [0.2, 0.25) is 0 Å². The zero-order chi connectivity index (χ0) is 16.3. The lowest BCUT2D eigenvalue weighted by atomic mass is 10.1. The molecule has 118 valence electrons. The summed E-state index contributed by atoms with van der Waals surface area (Å²) in [6.45, 7) is -2.23. The molecular weight excluding hydrogens is 299 g/mol. The SMILES string of the molecule is COc1cc(COCC(F)(F)C(F)(F)F)ccc1C(=N)N. The highest BCUT2D eigenvalue weighted by molar-refractivity contribution is 5.97. The predicted molar refractivity (Wildman–Crippen MR) is 64.7 cm³/mol. The smallest absolute Gasteiger partial charge is 0.455 e. The first-order valence-electron chi connectivity index (χ1n) is 5.62. The van der Waals surface area contributed by atoms with Crippen LogP contribution in [0.5, 0.6) is 5.75 Å². The van der Waals surface area contributed by atoms with E-state index < -0.39 is 25.3 Å². The molecule has 21 heavy (non-hydrogen) atoms. The normalized spacial score (nSPS) is 12.3. The summed E-state index contributed by atoms with van der Waals surface area (Å²) in [7, 11) is 1.31. The molecule has 1 rings (SSSR count). The summed E-state index contributed by atoms with van der Waals surface area (Å²) in [6, 6.07) is 4.13. The largest absolute Gasteiger partial charge is 0.496 e. The predicted octanol–water partition coefficient (Wildman–Crippen LogP) is 2.69. The standard InChI is InChI=1S/C12H13F5N2O2/c1-20-9-4-7(2-3-8(9)10(18)19)5-21-6-11(13,14)12(15,16)17/h2-4H,5-6H2,1H3,(H3,18,19). The van der Waals surface area contributed by atoms with E-state index in [1.165, 1.54) is 25.3 Å². The number of hydrogen-bond donors (Lipinski definition) is 2. The molecule has 0 radical (unpaired) electrons. The fourth-order valence-electron chi connectivity index (χ4n) is 1.43. The first-order chi connectivity index (χ1) is 9.58. The summed E-state index contributed by atoms with van der Waals surface area (Å²) in [5.41, 5.74) is 5.89. The molecule has 0 saturated heterocycles. The van der Waals surface area contributed by atoms with Crippen molar-refractivity contribution in [3.8, 4) is 5.75 Å². The van der Waals surface area contributed by atoms with Gasteiger partial charge in [0.05, 0.1) is 19.3 Å². The minimum atomic E-state index is -5.65. The number of rotatable bonds is 6. The van der Waals surface area contributed by atoms with Crippen LogP contribution in [0.4, 0.5) is 22.0 Å². The van der Waals surface area contributed by atoms with Gasteiger partial charge in [0.15, 0.2) is 0 Å². The molecule has 0 aliphatic carbocycles. The Labute approximate surface area is 117 Å². The maximum atomic E-state index is 12.6. The molecule has 1 aromatic carbocycles. The van der Waals surface area contributed by atoms with Gasteiger partial charge < -0.3 is 15.2 Å². The lowest BCUT2D eigenvalue weighted by molar-refractivity contribution is -0.297. The first kappa shape index (κ1) is 17.2. The molecule has 0 amide bonds. The van der Waals surface area contributed by atoms with Crippen LogP contribution in [0, 0.1) is 5.41 Å². The Morgan fingerprint density at radius 3 is 2.33 bits per heavy atom. The second-order valence-corrected chi connectivity index (χ2v) is 4.14. The van der Waals surface area contributed by atoms with Gasteiger partial charge in [-0.05, 0) is 17.7 Å². The fraction of sp³-hybridized carbons (Fsp3) is 0.417. The number of nitrogen functional groups attached to an aromatic ring is 1. The van der Waals surface area contributed by atoms with Crippen LogP contribution in [0.1, 0.15) is 11.1 Å². The van der Waals surface area contributed by atoms with Gasteiger partial charge in [-0.15, -0.1) is 0 Å². The molecule has 0 unspecified atom stereocenters. The number of alkyl halides is 5. The quantitative estimate of drug-likeness (QED) is 0.482. The van der Waals surface area contributed by atoms with Crippen molar-refractivity contribution >= 4 is 5.84 Å². The van der Waals surface area contributed by atoms with Crippen LogP contribution in [0.2, 0.25) is 0 Å². The van der Waals surface area contributed by atoms with Crippen LogP contribution in [-0.2, 0) is 11.3 Å². The Bertz CT molecular complexity index is 517. The summed E-state index contributed by atoms with van der Waals surface area (Å²) < 4.78 is 70.4. The van der Waals surface area contributed by atoms with Crippen molar-refractivity contribution in [2.24, 2.45) is 5.73 Å². The maximum absolute atomic E-state index is 12.6. The van der Waals surface area contributed by atoms with Crippen LogP contribution in [0.25, 0.3) is 0 Å². The fourth-order valence-corrected chi connectivity index (χ4v) is 1.43. The number of hydrogen-bond acceptors (Lipinski definition) is 3. The zero-order valence-electron chi connectivity index (χ0n) is 10.9. The third-order valence-electron chi connectivity index (χ3n) is 2.52. The van der Waals surface area contributed by atoms with Crippen molar-refractivity contribution in [2.45, 2.75) is 18.7 Å². The molecule has 0 heterocycles. The van der Waals surface area contributed by atoms with Crippen LogP contribution >= 0.6 is 0 Å². The molecule has 0 aliphatic heterocycles. The second-order valence-electron chi connectivity index (χ2n) is 4.14. The molecule has 0 saturated carbocycles. The van der Waals surface area contributed by atoms with Gasteiger partial charge in [0, 0.05) is 0 Å². The number of benzene rings is 1. The Morgan fingerprint density at radius 1 is 1.24 bits per heavy atom. The highest BCUT2D eigenvalue weighted by Gasteiger charge is 2.57. The molecule has 9 heteroatoms. The number of ether oxygens (including phenoxy) is 2. The third kappa shape index (κ3) is 4.28. The number of halogens is 5. The molecular formula is C12H13F5N2O2. The topological polar surface area (TPSA) is 68.3 Å². The zero-order valence-corrected chi connectivity index (χ0v) is 10.9. The Balaban J connectivity index is 2.71. The van der Waals surface area contributed by atoms with Crippen molar-refractivity contribution in [3.63, 3.8) is 0 Å². The van der Waals surface area contributed by atoms with E-state index in [0.717, 1.165) is 0 Å². The van der Waals surface area contributed by atoms with Gasteiger partial charge >= 0.3 is 12.1 Å². The van der Waals surface area contributed by atoms with E-state index in [0.29, 0.717) is 5.56 Å². The van der Waals surface area contributed by atoms with Crippen LogP contribution in [-0.4, -0.2) is 31.7 Å². The molecule has 3 N–H and O–H groups in total. The van der Waals surface area contributed by atoms with E-state index in [2.05, 4.69) is 4.74 Å². The Morgan fingerprint density at radius 2 is 1.86 bits per heavy atom. The molecule has 4 nitrogen and oxygen atoms in total. The van der Waals surface area contributed by atoms with Gasteiger partial charge in [-0.25, -0.2) is 0 Å². The molecule has 0 fully saturated rings. The number of nitrogens with one attached hydrogen (secondary N) is 1. The van der Waals surface area contributed by atoms with Gasteiger partial charge in [-0.2, -0.15) is 22.0 Å². The molecule has 0 bridgehead atoms. The van der Waals surface area contributed by atoms with Gasteiger partial charge in [0.1, 0.15) is 18.2 Å². The lowest BCUT2D eigenvalue weighted by Gasteiger charge is -2.19. The van der Waals surface area contributed by atoms with Crippen molar-refractivity contribution in [2.75, 3.05) is 13.7 Å². The summed E-state index contributed by atoms with van der Waals surface area (Å²) >= 11 is 0. The van der Waals surface area contributed by atoms with E-state index in [1.54, 1.807) is 0 Å². The van der Waals surface area contributed by atoms with Crippen molar-refractivity contribution < 1.29 is 31.4 Å². The first-order valence-corrected chi connectivity index (χ1v) is 5.62. The average molecular weight is 312 g/mol. The number of nitrogens with two attached hydrogens (primary N) is 1. The molecule has 0 aromatic heterocycles. The molecule has 0 atom stereocenters. The van der Waals surface area contributed by atoms with Crippen LogP contribution < -0.4 is 10.5 Å². The van der Waals surface area contributed by atoms with Gasteiger partial charge in [-0.3, -0.25) is 5.41 Å². The Kier molecular flexibility index (Phi) is 5.10.